The van der Waals surface area contributed by atoms with Crippen LogP contribution in [0.15, 0.2) is 36.4 Å². The van der Waals surface area contributed by atoms with Gasteiger partial charge in [-0.1, -0.05) is 35.3 Å². The molecule has 1 atom stereocenters. The van der Waals surface area contributed by atoms with Gasteiger partial charge < -0.3 is 10.1 Å². The molecule has 2 aromatic rings. The van der Waals surface area contributed by atoms with Gasteiger partial charge in [0.1, 0.15) is 5.75 Å². The second kappa shape index (κ2) is 7.03. The Balaban J connectivity index is 2.09. The van der Waals surface area contributed by atoms with Gasteiger partial charge in [-0.2, -0.15) is 0 Å². The Bertz CT molecular complexity index is 701. The molecule has 116 valence electrons. The van der Waals surface area contributed by atoms with Crippen LogP contribution >= 0.6 is 23.2 Å². The van der Waals surface area contributed by atoms with Crippen molar-refractivity contribution in [2.24, 2.45) is 0 Å². The molecule has 0 aliphatic rings. The van der Waals surface area contributed by atoms with Crippen LogP contribution in [0.3, 0.4) is 0 Å². The van der Waals surface area contributed by atoms with E-state index in [2.05, 4.69) is 5.32 Å². The summed E-state index contributed by atoms with van der Waals surface area (Å²) < 4.78 is 5.74. The zero-order valence-electron chi connectivity index (χ0n) is 12.6. The molecule has 0 saturated heterocycles. The molecule has 0 heterocycles. The average Bonchev–Trinajstić information content (AvgIpc) is 2.46. The van der Waals surface area contributed by atoms with Crippen LogP contribution in [0.25, 0.3) is 0 Å². The predicted molar refractivity (Wildman–Crippen MR) is 91.1 cm³/mol. The van der Waals surface area contributed by atoms with E-state index in [0.29, 0.717) is 21.5 Å². The number of carbonyl (C=O) groups excluding carboxylic acids is 1. The van der Waals surface area contributed by atoms with E-state index < -0.39 is 6.10 Å². The molecule has 0 aliphatic carbocycles. The minimum atomic E-state index is -0.657. The number of hydrogen-bond donors (Lipinski definition) is 1. The Labute approximate surface area is 140 Å². The van der Waals surface area contributed by atoms with Crippen molar-refractivity contribution in [1.82, 2.24) is 0 Å². The number of nitrogens with one attached hydrogen (secondary N) is 1. The van der Waals surface area contributed by atoms with Crippen LogP contribution in [-0.4, -0.2) is 12.0 Å². The first-order valence-electron chi connectivity index (χ1n) is 6.86. The summed E-state index contributed by atoms with van der Waals surface area (Å²) in [5.74, 6) is 0.407. The van der Waals surface area contributed by atoms with E-state index >= 15 is 0 Å². The Kier molecular flexibility index (Phi) is 5.33. The van der Waals surface area contributed by atoms with E-state index in [1.165, 1.54) is 0 Å². The Morgan fingerprint density at radius 1 is 1.14 bits per heavy atom. The summed E-state index contributed by atoms with van der Waals surface area (Å²) in [5.41, 5.74) is 2.52. The van der Waals surface area contributed by atoms with Crippen molar-refractivity contribution >= 4 is 34.8 Å². The number of halogens is 2. The summed E-state index contributed by atoms with van der Waals surface area (Å²) in [5, 5.41) is 3.65. The number of anilines is 1. The molecule has 22 heavy (non-hydrogen) atoms. The van der Waals surface area contributed by atoms with E-state index in [1.54, 1.807) is 25.1 Å². The summed E-state index contributed by atoms with van der Waals surface area (Å²) in [4.78, 5) is 12.2. The molecule has 0 bridgehead atoms. The fourth-order valence-corrected chi connectivity index (χ4v) is 2.24. The van der Waals surface area contributed by atoms with Gasteiger partial charge in [0.2, 0.25) is 0 Å². The Morgan fingerprint density at radius 2 is 1.86 bits per heavy atom. The number of amides is 1. The summed E-state index contributed by atoms with van der Waals surface area (Å²) in [6.07, 6.45) is -0.657. The van der Waals surface area contributed by atoms with Gasteiger partial charge in [0.05, 0.1) is 10.7 Å². The first-order chi connectivity index (χ1) is 10.4. The first kappa shape index (κ1) is 16.7. The quantitative estimate of drug-likeness (QED) is 0.850. The summed E-state index contributed by atoms with van der Waals surface area (Å²) in [6, 6.07) is 10.8. The minimum Gasteiger partial charge on any atom is -0.481 e. The van der Waals surface area contributed by atoms with Crippen molar-refractivity contribution in [2.45, 2.75) is 26.9 Å². The molecule has 0 saturated carbocycles. The standard InChI is InChI=1S/C17H17Cl2NO2/c1-10-4-5-11(2)16(8-10)22-12(3)17(21)20-15-9-13(18)6-7-14(15)19/h4-9,12H,1-3H3,(H,20,21)/t12-/m1/s1. The molecule has 0 unspecified atom stereocenters. The topological polar surface area (TPSA) is 38.3 Å². The van der Waals surface area contributed by atoms with Gasteiger partial charge in [-0.15, -0.1) is 0 Å². The zero-order valence-corrected chi connectivity index (χ0v) is 14.1. The van der Waals surface area contributed by atoms with E-state index in [1.807, 2.05) is 32.0 Å². The molecule has 0 fully saturated rings. The fraction of sp³-hybridized carbons (Fsp3) is 0.235. The number of aryl methyl sites for hydroxylation is 2. The smallest absolute Gasteiger partial charge is 0.265 e. The van der Waals surface area contributed by atoms with Gasteiger partial charge in [-0.3, -0.25) is 4.79 Å². The molecule has 1 amide bonds. The van der Waals surface area contributed by atoms with Crippen molar-refractivity contribution in [1.29, 1.82) is 0 Å². The normalized spacial score (nSPS) is 11.9. The van der Waals surface area contributed by atoms with E-state index in [4.69, 9.17) is 27.9 Å². The zero-order chi connectivity index (χ0) is 16.3. The second-order valence-electron chi connectivity index (χ2n) is 5.14. The number of carbonyl (C=O) groups is 1. The highest BCUT2D eigenvalue weighted by Crippen LogP contribution is 2.26. The maximum absolute atomic E-state index is 12.2. The third-order valence-corrected chi connectivity index (χ3v) is 3.77. The van der Waals surface area contributed by atoms with Crippen LogP contribution in [0.1, 0.15) is 18.1 Å². The number of rotatable bonds is 4. The molecule has 3 nitrogen and oxygen atoms in total. The largest absolute Gasteiger partial charge is 0.481 e. The highest BCUT2D eigenvalue weighted by atomic mass is 35.5. The van der Waals surface area contributed by atoms with E-state index in [9.17, 15) is 4.79 Å². The van der Waals surface area contributed by atoms with E-state index in [-0.39, 0.29) is 5.91 Å². The average molecular weight is 338 g/mol. The predicted octanol–water partition coefficient (Wildman–Crippen LogP) is 5.02. The molecule has 5 heteroatoms. The molecule has 0 spiro atoms. The van der Waals surface area contributed by atoms with Crippen molar-refractivity contribution in [3.8, 4) is 5.75 Å². The lowest BCUT2D eigenvalue weighted by Crippen LogP contribution is -2.30. The van der Waals surface area contributed by atoms with E-state index in [0.717, 1.165) is 11.1 Å². The van der Waals surface area contributed by atoms with Crippen LogP contribution in [0.4, 0.5) is 5.69 Å². The summed E-state index contributed by atoms with van der Waals surface area (Å²) in [7, 11) is 0. The van der Waals surface area contributed by atoms with Crippen LogP contribution in [0.2, 0.25) is 10.0 Å². The maximum atomic E-state index is 12.2. The van der Waals surface area contributed by atoms with Crippen molar-refractivity contribution in [3.05, 3.63) is 57.6 Å². The molecule has 0 aliphatic heterocycles. The molecule has 1 N–H and O–H groups in total. The first-order valence-corrected chi connectivity index (χ1v) is 7.62. The highest BCUT2D eigenvalue weighted by Gasteiger charge is 2.17. The number of hydrogen-bond acceptors (Lipinski definition) is 2. The molecular weight excluding hydrogens is 321 g/mol. The second-order valence-corrected chi connectivity index (χ2v) is 5.99. The summed E-state index contributed by atoms with van der Waals surface area (Å²) in [6.45, 7) is 5.60. The third-order valence-electron chi connectivity index (χ3n) is 3.20. The molecular formula is C17H17Cl2NO2. The van der Waals surface area contributed by atoms with Crippen molar-refractivity contribution in [2.75, 3.05) is 5.32 Å². The van der Waals surface area contributed by atoms with Gasteiger partial charge in [0.15, 0.2) is 6.10 Å². The van der Waals surface area contributed by atoms with Crippen molar-refractivity contribution < 1.29 is 9.53 Å². The molecule has 0 radical (unpaired) electrons. The van der Waals surface area contributed by atoms with Gasteiger partial charge in [-0.25, -0.2) is 0 Å². The summed E-state index contributed by atoms with van der Waals surface area (Å²) >= 11 is 11.9. The lowest BCUT2D eigenvalue weighted by molar-refractivity contribution is -0.122. The SMILES string of the molecule is Cc1ccc(C)c(O[C@H](C)C(=O)Nc2cc(Cl)ccc2Cl)c1. The maximum Gasteiger partial charge on any atom is 0.265 e. The molecule has 0 aromatic heterocycles. The number of ether oxygens (including phenoxy) is 1. The van der Waals surface area contributed by atoms with Crippen molar-refractivity contribution in [3.63, 3.8) is 0 Å². The highest BCUT2D eigenvalue weighted by molar-refractivity contribution is 6.35. The third kappa shape index (κ3) is 4.15. The Hall–Kier alpha value is -1.71. The van der Waals surface area contributed by atoms with Gasteiger partial charge in [0.25, 0.3) is 5.91 Å². The lowest BCUT2D eigenvalue weighted by Gasteiger charge is -2.17. The molecule has 2 rings (SSSR count). The van der Waals surface area contributed by atoms with Crippen LogP contribution < -0.4 is 10.1 Å². The fourth-order valence-electron chi connectivity index (χ4n) is 1.91. The van der Waals surface area contributed by atoms with Crippen LogP contribution in [-0.2, 0) is 4.79 Å². The number of benzene rings is 2. The molecule has 2 aromatic carbocycles. The van der Waals surface area contributed by atoms with Gasteiger partial charge >= 0.3 is 0 Å². The van der Waals surface area contributed by atoms with Gasteiger partial charge in [-0.05, 0) is 56.2 Å². The van der Waals surface area contributed by atoms with Crippen LogP contribution in [0.5, 0.6) is 5.75 Å². The van der Waals surface area contributed by atoms with Crippen LogP contribution in [0, 0.1) is 13.8 Å². The minimum absolute atomic E-state index is 0.287. The Morgan fingerprint density at radius 3 is 2.59 bits per heavy atom. The van der Waals surface area contributed by atoms with Gasteiger partial charge in [0, 0.05) is 5.02 Å². The lowest BCUT2D eigenvalue weighted by atomic mass is 10.1. The monoisotopic (exact) mass is 337 g/mol.